The predicted molar refractivity (Wildman–Crippen MR) is 68.9 cm³/mol. The first-order chi connectivity index (χ1) is 8.24. The van der Waals surface area contributed by atoms with Crippen LogP contribution in [0.15, 0.2) is 0 Å². The molecule has 0 aromatic rings. The molecule has 0 bridgehead atoms. The molecule has 4 heteroatoms. The number of likely N-dealkylation sites (N-methyl/N-ethyl adjacent to an activating group) is 1. The molecule has 1 unspecified atom stereocenters. The summed E-state index contributed by atoms with van der Waals surface area (Å²) in [5.41, 5.74) is 0. The molecule has 1 amide bonds. The quantitative estimate of drug-likeness (QED) is 0.787. The van der Waals surface area contributed by atoms with Gasteiger partial charge in [-0.2, -0.15) is 0 Å². The Hall–Kier alpha value is -0.610. The van der Waals surface area contributed by atoms with Gasteiger partial charge in [0.05, 0.1) is 6.04 Å². The molecule has 0 spiro atoms. The van der Waals surface area contributed by atoms with E-state index in [2.05, 4.69) is 10.2 Å². The van der Waals surface area contributed by atoms with Crippen LogP contribution in [-0.4, -0.2) is 61.0 Å². The minimum atomic E-state index is 0.156. The molecule has 0 aliphatic carbocycles. The van der Waals surface area contributed by atoms with Crippen LogP contribution in [-0.2, 0) is 4.79 Å². The molecule has 2 aliphatic rings. The van der Waals surface area contributed by atoms with Gasteiger partial charge in [-0.05, 0) is 52.2 Å². The molecule has 0 saturated carbocycles. The fourth-order valence-corrected chi connectivity index (χ4v) is 3.04. The molecule has 0 aromatic carbocycles. The average molecular weight is 239 g/mol. The summed E-state index contributed by atoms with van der Waals surface area (Å²) in [6.45, 7) is 6.17. The van der Waals surface area contributed by atoms with E-state index in [0.29, 0.717) is 11.9 Å². The van der Waals surface area contributed by atoms with Crippen molar-refractivity contribution in [2.24, 2.45) is 0 Å². The number of rotatable bonds is 3. The summed E-state index contributed by atoms with van der Waals surface area (Å²) in [5, 5.41) is 3.39. The number of nitrogens with one attached hydrogen (secondary N) is 1. The Kier molecular flexibility index (Phi) is 4.40. The number of carbonyl (C=O) groups is 1. The SMILES string of the molecule is CCN(C)C(=O)C1CCCN1C1CCNCC1. The van der Waals surface area contributed by atoms with Gasteiger partial charge in [-0.25, -0.2) is 0 Å². The fraction of sp³-hybridized carbons (Fsp3) is 0.923. The Bertz CT molecular complexity index is 263. The second kappa shape index (κ2) is 5.83. The summed E-state index contributed by atoms with van der Waals surface area (Å²) in [6.07, 6.45) is 4.62. The maximum absolute atomic E-state index is 12.3. The highest BCUT2D eigenvalue weighted by atomic mass is 16.2. The molecular weight excluding hydrogens is 214 g/mol. The highest BCUT2D eigenvalue weighted by Crippen LogP contribution is 2.25. The first kappa shape index (κ1) is 12.8. The molecule has 0 radical (unpaired) electrons. The Labute approximate surface area is 104 Å². The third-order valence-corrected chi connectivity index (χ3v) is 4.21. The van der Waals surface area contributed by atoms with Crippen LogP contribution in [0.2, 0.25) is 0 Å². The summed E-state index contributed by atoms with van der Waals surface area (Å²) >= 11 is 0. The maximum atomic E-state index is 12.3. The molecule has 1 atom stereocenters. The molecule has 0 aromatic heterocycles. The van der Waals surface area contributed by atoms with Gasteiger partial charge in [-0.1, -0.05) is 0 Å². The summed E-state index contributed by atoms with van der Waals surface area (Å²) in [4.78, 5) is 16.6. The number of likely N-dealkylation sites (tertiary alicyclic amines) is 1. The van der Waals surface area contributed by atoms with Crippen LogP contribution in [0.25, 0.3) is 0 Å². The van der Waals surface area contributed by atoms with Crippen LogP contribution in [0.3, 0.4) is 0 Å². The summed E-state index contributed by atoms with van der Waals surface area (Å²) in [7, 11) is 1.92. The lowest BCUT2D eigenvalue weighted by Gasteiger charge is -2.36. The fourth-order valence-electron chi connectivity index (χ4n) is 3.04. The van der Waals surface area contributed by atoms with E-state index in [0.717, 1.165) is 32.6 Å². The molecular formula is C13H25N3O. The minimum Gasteiger partial charge on any atom is -0.345 e. The number of carbonyl (C=O) groups excluding carboxylic acids is 1. The lowest BCUT2D eigenvalue weighted by atomic mass is 10.0. The summed E-state index contributed by atoms with van der Waals surface area (Å²) in [5.74, 6) is 0.323. The molecule has 2 aliphatic heterocycles. The van der Waals surface area contributed by atoms with Crippen LogP contribution in [0, 0.1) is 0 Å². The van der Waals surface area contributed by atoms with Gasteiger partial charge in [0, 0.05) is 19.6 Å². The van der Waals surface area contributed by atoms with Gasteiger partial charge in [0.25, 0.3) is 0 Å². The van der Waals surface area contributed by atoms with Crippen molar-refractivity contribution in [3.8, 4) is 0 Å². The Morgan fingerprint density at radius 3 is 2.71 bits per heavy atom. The van der Waals surface area contributed by atoms with Crippen LogP contribution in [0.5, 0.6) is 0 Å². The van der Waals surface area contributed by atoms with Gasteiger partial charge in [-0.3, -0.25) is 9.69 Å². The van der Waals surface area contributed by atoms with Gasteiger partial charge in [0.2, 0.25) is 5.91 Å². The molecule has 98 valence electrons. The third kappa shape index (κ3) is 2.80. The second-order valence-corrected chi connectivity index (χ2v) is 5.23. The summed E-state index contributed by atoms with van der Waals surface area (Å²) in [6, 6.07) is 0.779. The van der Waals surface area contributed by atoms with Crippen molar-refractivity contribution < 1.29 is 4.79 Å². The van der Waals surface area contributed by atoms with E-state index in [-0.39, 0.29) is 6.04 Å². The monoisotopic (exact) mass is 239 g/mol. The van der Waals surface area contributed by atoms with E-state index in [4.69, 9.17) is 0 Å². The number of piperidine rings is 1. The van der Waals surface area contributed by atoms with Gasteiger partial charge < -0.3 is 10.2 Å². The van der Waals surface area contributed by atoms with Gasteiger partial charge in [-0.15, -0.1) is 0 Å². The Morgan fingerprint density at radius 2 is 2.06 bits per heavy atom. The second-order valence-electron chi connectivity index (χ2n) is 5.23. The van der Waals surface area contributed by atoms with Gasteiger partial charge >= 0.3 is 0 Å². The molecule has 2 fully saturated rings. The zero-order chi connectivity index (χ0) is 12.3. The largest absolute Gasteiger partial charge is 0.345 e. The van der Waals surface area contributed by atoms with E-state index in [1.54, 1.807) is 0 Å². The average Bonchev–Trinajstić information content (AvgIpc) is 2.87. The van der Waals surface area contributed by atoms with Crippen molar-refractivity contribution in [1.82, 2.24) is 15.1 Å². The van der Waals surface area contributed by atoms with Crippen LogP contribution < -0.4 is 5.32 Å². The minimum absolute atomic E-state index is 0.156. The van der Waals surface area contributed by atoms with Crippen molar-refractivity contribution >= 4 is 5.91 Å². The van der Waals surface area contributed by atoms with E-state index >= 15 is 0 Å². The predicted octanol–water partition coefficient (Wildman–Crippen LogP) is 0.681. The number of nitrogens with zero attached hydrogens (tertiary/aromatic N) is 2. The normalized spacial score (nSPS) is 27.3. The van der Waals surface area contributed by atoms with Crippen molar-refractivity contribution in [1.29, 1.82) is 0 Å². The van der Waals surface area contributed by atoms with Crippen LogP contribution in [0.1, 0.15) is 32.6 Å². The van der Waals surface area contributed by atoms with Crippen molar-refractivity contribution in [2.45, 2.75) is 44.7 Å². The molecule has 2 rings (SSSR count). The number of amides is 1. The van der Waals surface area contributed by atoms with Gasteiger partial charge in [0.15, 0.2) is 0 Å². The zero-order valence-corrected chi connectivity index (χ0v) is 11.1. The van der Waals surface area contributed by atoms with E-state index in [1.165, 1.54) is 19.3 Å². The van der Waals surface area contributed by atoms with Crippen molar-refractivity contribution in [2.75, 3.05) is 33.2 Å². The Balaban J connectivity index is 1.98. The van der Waals surface area contributed by atoms with E-state index in [1.807, 2.05) is 18.9 Å². The molecule has 2 heterocycles. The van der Waals surface area contributed by atoms with E-state index in [9.17, 15) is 4.79 Å². The number of hydrogen-bond acceptors (Lipinski definition) is 3. The molecule has 2 saturated heterocycles. The molecule has 4 nitrogen and oxygen atoms in total. The topological polar surface area (TPSA) is 35.6 Å². The lowest BCUT2D eigenvalue weighted by Crippen LogP contribution is -2.51. The molecule has 1 N–H and O–H groups in total. The summed E-state index contributed by atoms with van der Waals surface area (Å²) < 4.78 is 0. The van der Waals surface area contributed by atoms with Crippen molar-refractivity contribution in [3.63, 3.8) is 0 Å². The first-order valence-electron chi connectivity index (χ1n) is 6.95. The first-order valence-corrected chi connectivity index (χ1v) is 6.95. The number of hydrogen-bond donors (Lipinski definition) is 1. The smallest absolute Gasteiger partial charge is 0.239 e. The maximum Gasteiger partial charge on any atom is 0.239 e. The lowest BCUT2D eigenvalue weighted by molar-refractivity contribution is -0.135. The molecule has 17 heavy (non-hydrogen) atoms. The third-order valence-electron chi connectivity index (χ3n) is 4.21. The van der Waals surface area contributed by atoms with Crippen LogP contribution >= 0.6 is 0 Å². The standard InChI is InChI=1S/C13H25N3O/c1-3-15(2)13(17)12-5-4-10-16(12)11-6-8-14-9-7-11/h11-12,14H,3-10H2,1-2H3. The van der Waals surface area contributed by atoms with Crippen molar-refractivity contribution in [3.05, 3.63) is 0 Å². The van der Waals surface area contributed by atoms with Gasteiger partial charge in [0.1, 0.15) is 0 Å². The zero-order valence-electron chi connectivity index (χ0n) is 11.1. The highest BCUT2D eigenvalue weighted by Gasteiger charge is 2.36. The van der Waals surface area contributed by atoms with E-state index < -0.39 is 0 Å². The highest BCUT2D eigenvalue weighted by molar-refractivity contribution is 5.82. The Morgan fingerprint density at radius 1 is 1.35 bits per heavy atom. The van der Waals surface area contributed by atoms with Crippen LogP contribution in [0.4, 0.5) is 0 Å².